The molecule has 4 atom stereocenters. The maximum atomic E-state index is 12.4. The molecule has 6 heteroatoms. The Morgan fingerprint density at radius 2 is 2.15 bits per heavy atom. The van der Waals surface area contributed by atoms with Gasteiger partial charge in [0.05, 0.1) is 18.2 Å². The highest BCUT2D eigenvalue weighted by atomic mass is 16.5. The molecule has 0 radical (unpaired) electrons. The van der Waals surface area contributed by atoms with Crippen molar-refractivity contribution in [3.8, 4) is 0 Å². The van der Waals surface area contributed by atoms with Crippen molar-refractivity contribution in [1.29, 1.82) is 0 Å². The van der Waals surface area contributed by atoms with E-state index in [0.717, 1.165) is 38.9 Å². The number of hydrogen-bond donors (Lipinski definition) is 1. The van der Waals surface area contributed by atoms with Crippen molar-refractivity contribution in [1.82, 2.24) is 15.1 Å². The molecular weight excluding hydrogens is 342 g/mol. The van der Waals surface area contributed by atoms with Crippen LogP contribution in [-0.2, 0) is 14.3 Å². The summed E-state index contributed by atoms with van der Waals surface area (Å²) in [6, 6.07) is 0.646. The first-order chi connectivity index (χ1) is 13.1. The Morgan fingerprint density at radius 1 is 1.33 bits per heavy atom. The maximum absolute atomic E-state index is 12.4. The van der Waals surface area contributed by atoms with Gasteiger partial charge in [-0.3, -0.25) is 14.5 Å². The molecule has 6 nitrogen and oxygen atoms in total. The van der Waals surface area contributed by atoms with Gasteiger partial charge in [0.1, 0.15) is 0 Å². The molecule has 0 aromatic heterocycles. The Morgan fingerprint density at radius 3 is 2.89 bits per heavy atom. The SMILES string of the molecule is CCC(CC)N1C[C@@H]2[C@H](CNC(=O)CN3CCCCC3=O)[C@H]3CC[C@]2(C1)O3. The van der Waals surface area contributed by atoms with Crippen molar-refractivity contribution in [3.05, 3.63) is 0 Å². The molecule has 4 fully saturated rings. The summed E-state index contributed by atoms with van der Waals surface area (Å²) in [4.78, 5) is 28.7. The number of rotatable bonds is 7. The lowest BCUT2D eigenvalue weighted by molar-refractivity contribution is -0.137. The molecule has 1 spiro atoms. The second-order valence-corrected chi connectivity index (χ2v) is 9.01. The minimum atomic E-state index is -0.0167. The van der Waals surface area contributed by atoms with Crippen LogP contribution in [0.15, 0.2) is 0 Å². The fourth-order valence-corrected chi connectivity index (χ4v) is 6.07. The summed E-state index contributed by atoms with van der Waals surface area (Å²) in [6.07, 6.45) is 7.52. The zero-order valence-electron chi connectivity index (χ0n) is 16.9. The zero-order chi connectivity index (χ0) is 19.0. The van der Waals surface area contributed by atoms with Gasteiger partial charge in [-0.2, -0.15) is 0 Å². The van der Waals surface area contributed by atoms with Crippen molar-refractivity contribution >= 4 is 11.8 Å². The molecule has 0 aromatic carbocycles. The molecule has 0 aliphatic carbocycles. The second-order valence-electron chi connectivity index (χ2n) is 9.01. The molecule has 0 aromatic rings. The molecule has 4 saturated heterocycles. The van der Waals surface area contributed by atoms with Crippen molar-refractivity contribution in [3.63, 3.8) is 0 Å². The van der Waals surface area contributed by atoms with E-state index in [2.05, 4.69) is 24.1 Å². The van der Waals surface area contributed by atoms with E-state index in [4.69, 9.17) is 4.74 Å². The van der Waals surface area contributed by atoms with Crippen LogP contribution in [0.5, 0.6) is 0 Å². The van der Waals surface area contributed by atoms with Gasteiger partial charge in [-0.1, -0.05) is 13.8 Å². The number of nitrogens with zero attached hydrogens (tertiary/aromatic N) is 2. The molecular formula is C21H35N3O3. The van der Waals surface area contributed by atoms with Crippen LogP contribution in [0.4, 0.5) is 0 Å². The van der Waals surface area contributed by atoms with Gasteiger partial charge in [0.25, 0.3) is 0 Å². The fourth-order valence-electron chi connectivity index (χ4n) is 6.07. The van der Waals surface area contributed by atoms with Gasteiger partial charge in [-0.05, 0) is 38.5 Å². The van der Waals surface area contributed by atoms with Crippen LogP contribution < -0.4 is 5.32 Å². The van der Waals surface area contributed by atoms with Crippen LogP contribution in [-0.4, -0.2) is 72.1 Å². The number of likely N-dealkylation sites (tertiary alicyclic amines) is 2. The monoisotopic (exact) mass is 377 g/mol. The predicted molar refractivity (Wildman–Crippen MR) is 103 cm³/mol. The van der Waals surface area contributed by atoms with Crippen molar-refractivity contribution in [2.45, 2.75) is 76.5 Å². The standard InChI is InChI=1S/C21H35N3O3/c1-3-15(4-2)24-12-17-16(18-8-9-21(17,14-24)27-18)11-22-19(25)13-23-10-6-5-7-20(23)26/h15-18H,3-14H2,1-2H3,(H,22,25)/t16-,17+,18+,21+/m0/s1. The Hall–Kier alpha value is -1.14. The van der Waals surface area contributed by atoms with Crippen LogP contribution >= 0.6 is 0 Å². The maximum Gasteiger partial charge on any atom is 0.239 e. The van der Waals surface area contributed by atoms with Crippen LogP contribution in [0, 0.1) is 11.8 Å². The molecule has 2 amide bonds. The average molecular weight is 378 g/mol. The highest BCUT2D eigenvalue weighted by molar-refractivity contribution is 5.85. The molecule has 2 bridgehead atoms. The van der Waals surface area contributed by atoms with Crippen LogP contribution in [0.3, 0.4) is 0 Å². The van der Waals surface area contributed by atoms with E-state index in [1.807, 2.05) is 0 Å². The molecule has 4 aliphatic heterocycles. The summed E-state index contributed by atoms with van der Waals surface area (Å²) >= 11 is 0. The molecule has 4 rings (SSSR count). The molecule has 1 N–H and O–H groups in total. The third-order valence-corrected chi connectivity index (χ3v) is 7.56. The topological polar surface area (TPSA) is 61.9 Å². The number of piperidine rings is 1. The predicted octanol–water partition coefficient (Wildman–Crippen LogP) is 1.78. The van der Waals surface area contributed by atoms with E-state index < -0.39 is 0 Å². The number of ether oxygens (including phenoxy) is 1. The van der Waals surface area contributed by atoms with Crippen LogP contribution in [0.25, 0.3) is 0 Å². The molecule has 152 valence electrons. The van der Waals surface area contributed by atoms with Crippen LogP contribution in [0.2, 0.25) is 0 Å². The lowest BCUT2D eigenvalue weighted by Crippen LogP contribution is -2.46. The zero-order valence-corrected chi connectivity index (χ0v) is 16.9. The number of fused-ring (bicyclic) bond motifs is 1. The number of nitrogens with one attached hydrogen (secondary N) is 1. The van der Waals surface area contributed by atoms with Gasteiger partial charge in [0, 0.05) is 50.5 Å². The number of hydrogen-bond acceptors (Lipinski definition) is 4. The molecule has 27 heavy (non-hydrogen) atoms. The lowest BCUT2D eigenvalue weighted by Gasteiger charge is -2.30. The van der Waals surface area contributed by atoms with Gasteiger partial charge >= 0.3 is 0 Å². The van der Waals surface area contributed by atoms with Gasteiger partial charge in [-0.25, -0.2) is 0 Å². The van der Waals surface area contributed by atoms with Crippen molar-refractivity contribution < 1.29 is 14.3 Å². The highest BCUT2D eigenvalue weighted by Crippen LogP contribution is 2.55. The summed E-state index contributed by atoms with van der Waals surface area (Å²) in [7, 11) is 0. The van der Waals surface area contributed by atoms with E-state index in [1.54, 1.807) is 4.90 Å². The van der Waals surface area contributed by atoms with E-state index >= 15 is 0 Å². The van der Waals surface area contributed by atoms with Gasteiger partial charge < -0.3 is 15.0 Å². The first-order valence-corrected chi connectivity index (χ1v) is 11.0. The molecule has 4 heterocycles. The average Bonchev–Trinajstić information content (AvgIpc) is 3.31. The van der Waals surface area contributed by atoms with Crippen molar-refractivity contribution in [2.24, 2.45) is 11.8 Å². The minimum absolute atomic E-state index is 0.0167. The largest absolute Gasteiger partial charge is 0.370 e. The summed E-state index contributed by atoms with van der Waals surface area (Å²) in [5.74, 6) is 1.06. The summed E-state index contributed by atoms with van der Waals surface area (Å²) in [6.45, 7) is 8.34. The smallest absolute Gasteiger partial charge is 0.239 e. The van der Waals surface area contributed by atoms with E-state index in [0.29, 0.717) is 36.9 Å². The lowest BCUT2D eigenvalue weighted by atomic mass is 9.73. The first kappa shape index (κ1) is 19.2. The minimum Gasteiger partial charge on any atom is -0.370 e. The number of carbonyl (C=O) groups is 2. The Kier molecular flexibility index (Phi) is 5.48. The molecule has 0 unspecified atom stereocenters. The first-order valence-electron chi connectivity index (χ1n) is 11.0. The van der Waals surface area contributed by atoms with Crippen LogP contribution in [0.1, 0.15) is 58.8 Å². The molecule has 4 aliphatic rings. The second kappa shape index (κ2) is 7.70. The Balaban J connectivity index is 1.33. The third-order valence-electron chi connectivity index (χ3n) is 7.56. The van der Waals surface area contributed by atoms with Gasteiger partial charge in [0.15, 0.2) is 0 Å². The van der Waals surface area contributed by atoms with Gasteiger partial charge in [-0.15, -0.1) is 0 Å². The summed E-state index contributed by atoms with van der Waals surface area (Å²) < 4.78 is 6.51. The van der Waals surface area contributed by atoms with E-state index in [-0.39, 0.29) is 24.0 Å². The Bertz CT molecular complexity index is 579. The van der Waals surface area contributed by atoms with E-state index in [9.17, 15) is 9.59 Å². The quantitative estimate of drug-likeness (QED) is 0.735. The third kappa shape index (κ3) is 3.51. The summed E-state index contributed by atoms with van der Waals surface area (Å²) in [5, 5.41) is 3.13. The highest BCUT2D eigenvalue weighted by Gasteiger charge is 2.63. The number of amides is 2. The fraction of sp³-hybridized carbons (Fsp3) is 0.905. The van der Waals surface area contributed by atoms with E-state index in [1.165, 1.54) is 19.3 Å². The molecule has 0 saturated carbocycles. The Labute approximate surface area is 163 Å². The normalized spacial score (nSPS) is 35.9. The summed E-state index contributed by atoms with van der Waals surface area (Å²) in [5.41, 5.74) is 0.0332. The van der Waals surface area contributed by atoms with Gasteiger partial charge in [0.2, 0.25) is 11.8 Å². The number of carbonyl (C=O) groups excluding carboxylic acids is 2. The van der Waals surface area contributed by atoms with Crippen molar-refractivity contribution in [2.75, 3.05) is 32.7 Å².